The Hall–Kier alpha value is -8.06. The molecule has 24 heteroatoms. The smallest absolute Gasteiger partial charge is 0.300 e. The second-order valence-corrected chi connectivity index (χ2v) is 16.6. The lowest BCUT2D eigenvalue weighted by Crippen LogP contribution is -2.38. The van der Waals surface area contributed by atoms with Crippen LogP contribution in [0.5, 0.6) is 0 Å². The summed E-state index contributed by atoms with van der Waals surface area (Å²) >= 11 is 0. The number of hydrogen-bond acceptors (Lipinski definition) is 21. The first kappa shape index (κ1) is 46.7. The molecule has 11 rings (SSSR count). The Morgan fingerprint density at radius 1 is 0.648 bits per heavy atom. The Morgan fingerprint density at radius 2 is 1.17 bits per heavy atom. The summed E-state index contributed by atoms with van der Waals surface area (Å²) < 4.78 is 35.5. The number of carbonyl (C=O) groups is 2. The maximum atomic E-state index is 13.5. The Bertz CT molecular complexity index is 3070. The number of fused-ring (bicyclic) bond motifs is 2. The molecule has 0 bridgehead atoms. The minimum atomic E-state index is -0.377. The number of nitrogens with two attached hydrogens (primary N) is 1. The van der Waals surface area contributed by atoms with Crippen LogP contribution in [0.1, 0.15) is 26.4 Å². The number of carbonyl (C=O) groups excluding carboxylic acids is 2. The Labute approximate surface area is 406 Å². The van der Waals surface area contributed by atoms with Crippen molar-refractivity contribution < 1.29 is 37.4 Å². The van der Waals surface area contributed by atoms with E-state index in [9.17, 15) is 9.59 Å². The molecular weight excluding hydrogens is 917 g/mol. The number of ether oxygens (including phenoxy) is 4. The van der Waals surface area contributed by atoms with Crippen molar-refractivity contribution in [2.24, 2.45) is 17.8 Å². The molecule has 7 aromatic heterocycles. The molecule has 0 aliphatic carbocycles. The monoisotopic (exact) mass is 968 g/mol. The molecule has 24 nitrogen and oxygen atoms in total. The fraction of sp³-hybridized carbons (Fsp3) is 0.362. The molecule has 7 aromatic rings. The molecule has 0 aromatic carbocycles. The number of nitrogens with zero attached hydrogens (tertiary/aromatic N) is 13. The van der Waals surface area contributed by atoms with Gasteiger partial charge in [-0.05, 0) is 24.3 Å². The summed E-state index contributed by atoms with van der Waals surface area (Å²) in [7, 11) is 3.50. The zero-order valence-electron chi connectivity index (χ0n) is 39.2. The number of amides is 2. The quantitative estimate of drug-likeness (QED) is 0.157. The van der Waals surface area contributed by atoms with E-state index in [1.807, 2.05) is 45.0 Å². The van der Waals surface area contributed by atoms with Gasteiger partial charge in [0.15, 0.2) is 11.2 Å². The molecule has 368 valence electrons. The largest absolute Gasteiger partial charge is 0.422 e. The number of aryl methyl sites for hydroxylation is 1. The average Bonchev–Trinajstić information content (AvgIpc) is 4.26. The van der Waals surface area contributed by atoms with Gasteiger partial charge < -0.3 is 63.7 Å². The van der Waals surface area contributed by atoms with Crippen molar-refractivity contribution in [3.63, 3.8) is 0 Å². The van der Waals surface area contributed by atoms with E-state index in [4.69, 9.17) is 38.5 Å². The molecule has 4 saturated heterocycles. The van der Waals surface area contributed by atoms with Gasteiger partial charge in [0, 0.05) is 102 Å². The van der Waals surface area contributed by atoms with Gasteiger partial charge in [0.05, 0.1) is 75.0 Å². The molecule has 0 unspecified atom stereocenters. The molecule has 71 heavy (non-hydrogen) atoms. The van der Waals surface area contributed by atoms with Gasteiger partial charge >= 0.3 is 0 Å². The molecular formula is C47H52N16O8. The highest BCUT2D eigenvalue weighted by Crippen LogP contribution is 2.31. The second-order valence-electron chi connectivity index (χ2n) is 16.6. The predicted molar refractivity (Wildman–Crippen MR) is 264 cm³/mol. The van der Waals surface area contributed by atoms with Crippen LogP contribution in [0.4, 0.5) is 35.3 Å². The summed E-state index contributed by atoms with van der Waals surface area (Å²) in [6.45, 7) is 9.05. The molecule has 4 fully saturated rings. The van der Waals surface area contributed by atoms with Gasteiger partial charge in [0.25, 0.3) is 23.8 Å². The van der Waals surface area contributed by atoms with Crippen molar-refractivity contribution in [3.05, 3.63) is 83.9 Å². The van der Waals surface area contributed by atoms with Gasteiger partial charge in [-0.3, -0.25) is 19.3 Å². The molecule has 0 spiro atoms. The number of aromatic nitrogens is 8. The van der Waals surface area contributed by atoms with Crippen LogP contribution in [-0.2, 0) is 26.0 Å². The number of nitrogens with one attached hydrogen (secondary N) is 2. The number of allylic oxidation sites excluding steroid dienone is 1. The fourth-order valence-corrected chi connectivity index (χ4v) is 8.22. The van der Waals surface area contributed by atoms with Crippen molar-refractivity contribution in [1.29, 1.82) is 0 Å². The Morgan fingerprint density at radius 3 is 1.69 bits per heavy atom. The molecule has 0 radical (unpaired) electrons. The summed E-state index contributed by atoms with van der Waals surface area (Å²) in [5, 5.41) is 9.98. The molecule has 4 aliphatic heterocycles. The normalized spacial score (nSPS) is 16.7. The van der Waals surface area contributed by atoms with Gasteiger partial charge in [-0.1, -0.05) is 12.1 Å². The number of pyridine rings is 4. The van der Waals surface area contributed by atoms with Crippen molar-refractivity contribution in [3.8, 4) is 11.3 Å². The number of oxazole rings is 2. The van der Waals surface area contributed by atoms with E-state index in [1.54, 1.807) is 60.5 Å². The van der Waals surface area contributed by atoms with Crippen LogP contribution in [0.15, 0.2) is 81.0 Å². The fourth-order valence-electron chi connectivity index (χ4n) is 8.22. The van der Waals surface area contributed by atoms with Crippen LogP contribution in [0.25, 0.3) is 39.3 Å². The lowest BCUT2D eigenvalue weighted by atomic mass is 10.2. The number of aliphatic imine (C=N–C) groups is 1. The number of hydrogen-bond donors (Lipinski definition) is 3. The standard InChI is InChI=1S/C24H26N8O4.C23H26N8O4/c1-30-15-16(14-25-30)18-3-2-4-20(26-18)27-23(33)17-13-19-21(28-22(17)31-5-9-34-10-6-31)29-24(36-19)32-7-11-35-12-8-32;1-25-13-15(12-24)17-3-2-4-19(26-17)27-22(32)16-11-18-20(28-21(16)31-7-10-34-14-31)29-23(35-18)30-5-8-33-9-6-30/h2-4,13-15H,5-12H2,1H3,(H,26,27,33);2-4,11-13H,5-10,14,24H2,1H3,(H,26,27,32)/b;15-12+,25-13?. The van der Waals surface area contributed by atoms with Crippen molar-refractivity contribution >= 4 is 81.4 Å². The minimum absolute atomic E-state index is 0.328. The molecule has 0 saturated carbocycles. The van der Waals surface area contributed by atoms with E-state index in [1.165, 1.54) is 6.20 Å². The van der Waals surface area contributed by atoms with E-state index in [0.717, 1.165) is 5.56 Å². The molecule has 2 amide bonds. The first-order valence-corrected chi connectivity index (χ1v) is 23.1. The third-order valence-corrected chi connectivity index (χ3v) is 11.8. The van der Waals surface area contributed by atoms with Gasteiger partial charge in [-0.15, -0.1) is 0 Å². The zero-order chi connectivity index (χ0) is 48.7. The summed E-state index contributed by atoms with van der Waals surface area (Å²) in [5.74, 6) is 1.12. The average molecular weight is 969 g/mol. The second kappa shape index (κ2) is 21.3. The first-order valence-electron chi connectivity index (χ1n) is 23.1. The van der Waals surface area contributed by atoms with Crippen LogP contribution in [0.3, 0.4) is 0 Å². The van der Waals surface area contributed by atoms with Gasteiger partial charge in [-0.25, -0.2) is 19.9 Å². The SMILES string of the molecule is CN=C/C(=C\N)c1cccc(NC(=O)c2cc3oc(N4CCOCC4)nc3nc2N2CCOC2)n1.Cn1cc(-c2cccc(NC(=O)c3cc4oc(N5CCOCC5)nc4nc3N3CCOCC3)n2)cn1. The topological polar surface area (TPSA) is 268 Å². The molecule has 4 aliphatic rings. The van der Waals surface area contributed by atoms with E-state index in [-0.39, 0.29) is 11.8 Å². The highest BCUT2D eigenvalue weighted by atomic mass is 16.5. The summed E-state index contributed by atoms with van der Waals surface area (Å²) in [6, 6.07) is 15.1. The third kappa shape index (κ3) is 10.6. The van der Waals surface area contributed by atoms with Crippen LogP contribution >= 0.6 is 0 Å². The van der Waals surface area contributed by atoms with Gasteiger partial charge in [0.2, 0.25) is 11.3 Å². The van der Waals surface area contributed by atoms with Gasteiger partial charge in [0.1, 0.15) is 30.0 Å². The maximum Gasteiger partial charge on any atom is 0.300 e. The number of morpholine rings is 3. The predicted octanol–water partition coefficient (Wildman–Crippen LogP) is 3.44. The zero-order valence-corrected chi connectivity index (χ0v) is 39.2. The lowest BCUT2D eigenvalue weighted by molar-refractivity contribution is 0.101. The van der Waals surface area contributed by atoms with E-state index >= 15 is 0 Å². The van der Waals surface area contributed by atoms with Crippen molar-refractivity contribution in [2.45, 2.75) is 0 Å². The number of anilines is 6. The number of rotatable bonds is 11. The maximum absolute atomic E-state index is 13.5. The lowest BCUT2D eigenvalue weighted by Gasteiger charge is -2.29. The van der Waals surface area contributed by atoms with Crippen molar-refractivity contribution in [1.82, 2.24) is 39.7 Å². The van der Waals surface area contributed by atoms with E-state index < -0.39 is 0 Å². The molecule has 0 atom stereocenters. The van der Waals surface area contributed by atoms with Crippen LogP contribution in [0, 0.1) is 0 Å². The first-order chi connectivity index (χ1) is 34.8. The van der Waals surface area contributed by atoms with E-state index in [0.29, 0.717) is 185 Å². The van der Waals surface area contributed by atoms with Gasteiger partial charge in [-0.2, -0.15) is 15.1 Å². The van der Waals surface area contributed by atoms with Crippen molar-refractivity contribution in [2.75, 3.05) is 136 Å². The van der Waals surface area contributed by atoms with Crippen LogP contribution in [0.2, 0.25) is 0 Å². The molecule has 11 heterocycles. The summed E-state index contributed by atoms with van der Waals surface area (Å²) in [4.78, 5) is 66.6. The summed E-state index contributed by atoms with van der Waals surface area (Å²) in [5.41, 5.74) is 11.0. The highest BCUT2D eigenvalue weighted by Gasteiger charge is 2.28. The minimum Gasteiger partial charge on any atom is -0.422 e. The molecule has 4 N–H and O–H groups in total. The van der Waals surface area contributed by atoms with Crippen LogP contribution < -0.4 is 36.0 Å². The van der Waals surface area contributed by atoms with E-state index in [2.05, 4.69) is 45.6 Å². The Balaban J connectivity index is 0.000000164. The summed E-state index contributed by atoms with van der Waals surface area (Å²) in [6.07, 6.45) is 6.63. The van der Waals surface area contributed by atoms with Crippen LogP contribution in [-0.4, -0.2) is 164 Å². The third-order valence-electron chi connectivity index (χ3n) is 11.8. The highest BCUT2D eigenvalue weighted by molar-refractivity contribution is 6.11. The Kier molecular flexibility index (Phi) is 14.0.